The van der Waals surface area contributed by atoms with Gasteiger partial charge in [-0.1, -0.05) is 0 Å². The number of carboxylic acids is 1. The first kappa shape index (κ1) is 13.6. The molecule has 84 valence electrons. The van der Waals surface area contributed by atoms with Crippen LogP contribution in [0.3, 0.4) is 0 Å². The maximum atomic E-state index is 10.3. The molecule has 0 fully saturated rings. The van der Waals surface area contributed by atoms with Crippen LogP contribution in [0.1, 0.15) is 33.6 Å². The van der Waals surface area contributed by atoms with Crippen molar-refractivity contribution in [2.24, 2.45) is 16.1 Å². The zero-order valence-corrected chi connectivity index (χ0v) is 9.40. The van der Waals surface area contributed by atoms with Gasteiger partial charge in [0, 0.05) is 6.42 Å². The second-order valence-corrected chi connectivity index (χ2v) is 4.35. The summed E-state index contributed by atoms with van der Waals surface area (Å²) in [5.74, 6) is -1.24. The molecule has 1 unspecified atom stereocenters. The third-order valence-electron chi connectivity index (χ3n) is 1.56. The first-order valence-corrected chi connectivity index (χ1v) is 4.85. The summed E-state index contributed by atoms with van der Waals surface area (Å²) in [5.41, 5.74) is -0.243. The van der Waals surface area contributed by atoms with Crippen LogP contribution in [0.15, 0.2) is 10.2 Å². The number of hydrogen-bond acceptors (Lipinski definition) is 4. The third-order valence-corrected chi connectivity index (χ3v) is 1.56. The Labute approximate surface area is 89.8 Å². The molecule has 0 bridgehead atoms. The lowest BCUT2D eigenvalue weighted by Gasteiger charge is -2.09. The van der Waals surface area contributed by atoms with E-state index in [-0.39, 0.29) is 24.4 Å². The zero-order chi connectivity index (χ0) is 11.9. The van der Waals surface area contributed by atoms with Crippen molar-refractivity contribution in [2.75, 3.05) is 6.54 Å². The molecule has 0 amide bonds. The van der Waals surface area contributed by atoms with Crippen LogP contribution in [0.5, 0.6) is 0 Å². The zero-order valence-electron chi connectivity index (χ0n) is 9.40. The Kier molecular flexibility index (Phi) is 5.53. The van der Waals surface area contributed by atoms with E-state index in [1.54, 1.807) is 0 Å². The molecule has 0 spiro atoms. The highest BCUT2D eigenvalue weighted by Crippen LogP contribution is 2.10. The molecule has 0 aromatic rings. The SMILES string of the molecule is CC(C)(C)N=NCC(C#N)CCC(=O)O. The molecule has 15 heavy (non-hydrogen) atoms. The average Bonchev–Trinajstić information content (AvgIpc) is 2.08. The van der Waals surface area contributed by atoms with Crippen molar-refractivity contribution in [1.82, 2.24) is 0 Å². The van der Waals surface area contributed by atoms with Gasteiger partial charge in [0.1, 0.15) is 0 Å². The van der Waals surface area contributed by atoms with Crippen molar-refractivity contribution in [1.29, 1.82) is 5.26 Å². The van der Waals surface area contributed by atoms with E-state index in [2.05, 4.69) is 10.2 Å². The minimum Gasteiger partial charge on any atom is -0.481 e. The first-order valence-electron chi connectivity index (χ1n) is 4.85. The smallest absolute Gasteiger partial charge is 0.303 e. The van der Waals surface area contributed by atoms with Gasteiger partial charge in [0.2, 0.25) is 0 Å². The maximum absolute atomic E-state index is 10.3. The van der Waals surface area contributed by atoms with Gasteiger partial charge in [-0.25, -0.2) is 0 Å². The van der Waals surface area contributed by atoms with E-state index < -0.39 is 5.97 Å². The van der Waals surface area contributed by atoms with E-state index in [1.165, 1.54) is 0 Å². The second-order valence-electron chi connectivity index (χ2n) is 4.35. The van der Waals surface area contributed by atoms with Crippen molar-refractivity contribution in [3.05, 3.63) is 0 Å². The summed E-state index contributed by atoms with van der Waals surface area (Å²) in [4.78, 5) is 10.3. The van der Waals surface area contributed by atoms with E-state index in [0.29, 0.717) is 6.42 Å². The van der Waals surface area contributed by atoms with Gasteiger partial charge < -0.3 is 5.11 Å². The molecule has 5 nitrogen and oxygen atoms in total. The van der Waals surface area contributed by atoms with Gasteiger partial charge in [-0.3, -0.25) is 4.79 Å². The molecule has 0 saturated heterocycles. The van der Waals surface area contributed by atoms with Crippen LogP contribution in [0.4, 0.5) is 0 Å². The molecule has 0 aromatic carbocycles. The van der Waals surface area contributed by atoms with Crippen molar-refractivity contribution < 1.29 is 9.90 Å². The van der Waals surface area contributed by atoms with Crippen LogP contribution >= 0.6 is 0 Å². The normalized spacial score (nSPS) is 13.7. The molecule has 0 aliphatic heterocycles. The lowest BCUT2D eigenvalue weighted by Crippen LogP contribution is -2.10. The first-order chi connectivity index (χ1) is 6.85. The third kappa shape index (κ3) is 8.88. The van der Waals surface area contributed by atoms with Gasteiger partial charge in [-0.2, -0.15) is 15.5 Å². The fourth-order valence-electron chi connectivity index (χ4n) is 0.846. The quantitative estimate of drug-likeness (QED) is 0.707. The molecule has 0 heterocycles. The Balaban J connectivity index is 3.97. The number of hydrogen-bond donors (Lipinski definition) is 1. The van der Waals surface area contributed by atoms with Gasteiger partial charge in [0.25, 0.3) is 0 Å². The minimum absolute atomic E-state index is 0.00324. The summed E-state index contributed by atoms with van der Waals surface area (Å²) in [6, 6.07) is 2.03. The number of carboxylic acid groups (broad SMARTS) is 1. The molecule has 0 aliphatic rings. The van der Waals surface area contributed by atoms with Crippen LogP contribution in [-0.2, 0) is 4.79 Å². The molecular weight excluding hydrogens is 194 g/mol. The van der Waals surface area contributed by atoms with E-state index in [9.17, 15) is 4.79 Å². The van der Waals surface area contributed by atoms with Gasteiger partial charge in [-0.15, -0.1) is 0 Å². The predicted octanol–water partition coefficient (Wildman–Crippen LogP) is 2.24. The monoisotopic (exact) mass is 211 g/mol. The van der Waals surface area contributed by atoms with Gasteiger partial charge in [-0.05, 0) is 27.2 Å². The summed E-state index contributed by atoms with van der Waals surface area (Å²) in [5, 5.41) is 25.1. The molecule has 0 radical (unpaired) electrons. The van der Waals surface area contributed by atoms with E-state index in [0.717, 1.165) is 0 Å². The van der Waals surface area contributed by atoms with Crippen molar-refractivity contribution in [3.63, 3.8) is 0 Å². The Morgan fingerprint density at radius 3 is 2.53 bits per heavy atom. The molecule has 0 rings (SSSR count). The Morgan fingerprint density at radius 2 is 2.13 bits per heavy atom. The highest BCUT2D eigenvalue weighted by atomic mass is 16.4. The highest BCUT2D eigenvalue weighted by molar-refractivity contribution is 5.66. The number of nitrogens with zero attached hydrogens (tertiary/aromatic N) is 3. The van der Waals surface area contributed by atoms with E-state index in [4.69, 9.17) is 10.4 Å². The standard InChI is InChI=1S/C10H17N3O2/c1-10(2,3)13-12-7-8(6-11)4-5-9(14)15/h8H,4-5,7H2,1-3H3,(H,14,15). The Bertz CT molecular complexity index is 273. The molecule has 1 atom stereocenters. The van der Waals surface area contributed by atoms with Crippen LogP contribution in [0, 0.1) is 17.2 Å². The van der Waals surface area contributed by atoms with Crippen LogP contribution in [0.25, 0.3) is 0 Å². The van der Waals surface area contributed by atoms with E-state index >= 15 is 0 Å². The molecular formula is C10H17N3O2. The van der Waals surface area contributed by atoms with E-state index in [1.807, 2.05) is 26.8 Å². The van der Waals surface area contributed by atoms with Crippen LogP contribution < -0.4 is 0 Å². The maximum Gasteiger partial charge on any atom is 0.303 e. The number of carbonyl (C=O) groups is 1. The van der Waals surface area contributed by atoms with Crippen molar-refractivity contribution in [3.8, 4) is 6.07 Å². The molecule has 0 aromatic heterocycles. The predicted molar refractivity (Wildman–Crippen MR) is 55.4 cm³/mol. The lowest BCUT2D eigenvalue weighted by molar-refractivity contribution is -0.137. The summed E-state index contributed by atoms with van der Waals surface area (Å²) in [7, 11) is 0. The Hall–Kier alpha value is -1.44. The molecule has 0 saturated carbocycles. The summed E-state index contributed by atoms with van der Waals surface area (Å²) in [6.07, 6.45) is 0.332. The minimum atomic E-state index is -0.886. The largest absolute Gasteiger partial charge is 0.481 e. The number of nitriles is 1. The lowest BCUT2D eigenvalue weighted by atomic mass is 10.1. The van der Waals surface area contributed by atoms with Crippen LogP contribution in [0.2, 0.25) is 0 Å². The van der Waals surface area contributed by atoms with Gasteiger partial charge in [0.05, 0.1) is 24.1 Å². The Morgan fingerprint density at radius 1 is 1.53 bits per heavy atom. The number of aliphatic carboxylic acids is 1. The molecule has 0 aliphatic carbocycles. The molecule has 5 heteroatoms. The summed E-state index contributed by atoms with van der Waals surface area (Å²) >= 11 is 0. The van der Waals surface area contributed by atoms with Crippen LogP contribution in [-0.4, -0.2) is 23.2 Å². The summed E-state index contributed by atoms with van der Waals surface area (Å²) < 4.78 is 0. The fourth-order valence-corrected chi connectivity index (χ4v) is 0.846. The van der Waals surface area contributed by atoms with Gasteiger partial charge >= 0.3 is 5.97 Å². The topological polar surface area (TPSA) is 85.8 Å². The second kappa shape index (κ2) is 6.12. The fraction of sp³-hybridized carbons (Fsp3) is 0.800. The highest BCUT2D eigenvalue weighted by Gasteiger charge is 2.11. The van der Waals surface area contributed by atoms with Gasteiger partial charge in [0.15, 0.2) is 0 Å². The number of azo groups is 1. The van der Waals surface area contributed by atoms with Crippen molar-refractivity contribution >= 4 is 5.97 Å². The van der Waals surface area contributed by atoms with Crippen molar-refractivity contribution in [2.45, 2.75) is 39.2 Å². The molecule has 1 N–H and O–H groups in total. The number of rotatable bonds is 5. The average molecular weight is 211 g/mol. The summed E-state index contributed by atoms with van der Waals surface area (Å²) in [6.45, 7) is 6.01.